The van der Waals surface area contributed by atoms with Crippen molar-refractivity contribution in [3.05, 3.63) is 30.3 Å². The average Bonchev–Trinajstić information content (AvgIpc) is 2.70. The molecule has 2 rings (SSSR count). The summed E-state index contributed by atoms with van der Waals surface area (Å²) in [5.74, 6) is -1.93. The molecule has 0 N–H and O–H groups in total. The number of hydrogen-bond acceptors (Lipinski definition) is 6. The molecule has 1 aliphatic rings. The lowest BCUT2D eigenvalue weighted by atomic mass is 10.3. The van der Waals surface area contributed by atoms with Gasteiger partial charge in [-0.3, -0.25) is 4.57 Å². The van der Waals surface area contributed by atoms with Crippen molar-refractivity contribution < 1.29 is 26.2 Å². The van der Waals surface area contributed by atoms with Crippen LogP contribution in [0.15, 0.2) is 35.2 Å². The molecule has 0 bridgehead atoms. The van der Waals surface area contributed by atoms with E-state index in [9.17, 15) is 13.0 Å². The Labute approximate surface area is 149 Å². The third-order valence-corrected chi connectivity index (χ3v) is 7.91. The molecule has 1 unspecified atom stereocenters. The predicted octanol–water partition coefficient (Wildman–Crippen LogP) is 4.11. The molecule has 1 aromatic carbocycles. The molecular weight excluding hydrogens is 410 g/mol. The van der Waals surface area contributed by atoms with Crippen LogP contribution in [0.3, 0.4) is 0 Å². The standard InChI is InChI=1S/C12H14Cl3O6PS/c1-8-9(2)20-22(16,19-8)11(12(13,14)15)21-23(17,18)10-6-4-3-5-7-10/h3-9,11H,1-2H3/t8-,9+,11-,22?/m1/s1. The summed E-state index contributed by atoms with van der Waals surface area (Å²) in [5, 5.41) is 0. The number of halogens is 3. The predicted molar refractivity (Wildman–Crippen MR) is 87.5 cm³/mol. The lowest BCUT2D eigenvalue weighted by Gasteiger charge is -2.27. The Morgan fingerprint density at radius 2 is 1.61 bits per heavy atom. The fourth-order valence-electron chi connectivity index (χ4n) is 1.82. The van der Waals surface area contributed by atoms with Crippen molar-refractivity contribution in [2.24, 2.45) is 0 Å². The zero-order chi connectivity index (χ0) is 17.5. The van der Waals surface area contributed by atoms with Crippen molar-refractivity contribution in [3.63, 3.8) is 0 Å². The Morgan fingerprint density at radius 3 is 2.04 bits per heavy atom. The molecule has 1 aliphatic heterocycles. The van der Waals surface area contributed by atoms with E-state index in [-0.39, 0.29) is 4.90 Å². The zero-order valence-electron chi connectivity index (χ0n) is 12.1. The van der Waals surface area contributed by atoms with Crippen LogP contribution < -0.4 is 0 Å². The molecule has 0 amide bonds. The Hall–Kier alpha value is 0.150. The van der Waals surface area contributed by atoms with Gasteiger partial charge in [0.1, 0.15) is 0 Å². The van der Waals surface area contributed by atoms with Crippen molar-refractivity contribution in [2.75, 3.05) is 0 Å². The molecule has 1 fully saturated rings. The molecule has 1 heterocycles. The lowest BCUT2D eigenvalue weighted by Crippen LogP contribution is -2.31. The number of alkyl halides is 3. The molecule has 0 aromatic heterocycles. The van der Waals surface area contributed by atoms with Crippen molar-refractivity contribution in [2.45, 2.75) is 40.6 Å². The van der Waals surface area contributed by atoms with Gasteiger partial charge in [-0.1, -0.05) is 53.0 Å². The van der Waals surface area contributed by atoms with E-state index < -0.39 is 39.6 Å². The van der Waals surface area contributed by atoms with Crippen molar-refractivity contribution in [1.29, 1.82) is 0 Å². The molecule has 11 heteroatoms. The summed E-state index contributed by atoms with van der Waals surface area (Å²) in [6.45, 7) is 3.21. The van der Waals surface area contributed by atoms with Crippen LogP contribution in [0.2, 0.25) is 0 Å². The second-order valence-electron chi connectivity index (χ2n) is 4.92. The van der Waals surface area contributed by atoms with Gasteiger partial charge in [-0.05, 0) is 26.0 Å². The van der Waals surface area contributed by atoms with Crippen molar-refractivity contribution in [1.82, 2.24) is 0 Å². The Bertz CT molecular complexity index is 691. The van der Waals surface area contributed by atoms with Crippen LogP contribution >= 0.6 is 42.4 Å². The first-order valence-corrected chi connectivity index (χ1v) is 10.6. The summed E-state index contributed by atoms with van der Waals surface area (Å²) < 4.78 is 50.5. The van der Waals surface area contributed by atoms with Gasteiger partial charge in [0, 0.05) is 0 Å². The third-order valence-electron chi connectivity index (χ3n) is 3.10. The summed E-state index contributed by atoms with van der Waals surface area (Å²) in [6.07, 6.45) is -1.14. The third kappa shape index (κ3) is 4.41. The maximum absolute atomic E-state index is 12.8. The molecule has 130 valence electrons. The molecule has 4 atom stereocenters. The van der Waals surface area contributed by atoms with Crippen molar-refractivity contribution >= 4 is 52.5 Å². The highest BCUT2D eigenvalue weighted by molar-refractivity contribution is 7.87. The lowest BCUT2D eigenvalue weighted by molar-refractivity contribution is 0.187. The van der Waals surface area contributed by atoms with Gasteiger partial charge in [0.2, 0.25) is 9.64 Å². The molecule has 0 spiro atoms. The fourth-order valence-corrected chi connectivity index (χ4v) is 6.83. The minimum Gasteiger partial charge on any atom is -0.301 e. The van der Waals surface area contributed by atoms with Gasteiger partial charge < -0.3 is 9.05 Å². The smallest absolute Gasteiger partial charge is 0.301 e. The van der Waals surface area contributed by atoms with E-state index in [1.165, 1.54) is 24.3 Å². The van der Waals surface area contributed by atoms with Crippen LogP contribution in [0.25, 0.3) is 0 Å². The summed E-state index contributed by atoms with van der Waals surface area (Å²) in [7, 11) is -8.47. The molecule has 23 heavy (non-hydrogen) atoms. The quantitative estimate of drug-likeness (QED) is 0.412. The molecule has 1 aromatic rings. The second kappa shape index (κ2) is 6.81. The molecule has 1 saturated heterocycles. The normalized spacial score (nSPS) is 30.3. The number of benzene rings is 1. The summed E-state index contributed by atoms with van der Waals surface area (Å²) in [6, 6.07) is 7.20. The topological polar surface area (TPSA) is 78.9 Å². The Balaban J connectivity index is 2.37. The zero-order valence-corrected chi connectivity index (χ0v) is 16.0. The largest absolute Gasteiger partial charge is 0.365 e. The van der Waals surface area contributed by atoms with Gasteiger partial charge in [-0.25, -0.2) is 4.18 Å². The van der Waals surface area contributed by atoms with Crippen LogP contribution in [0.1, 0.15) is 13.8 Å². The van der Waals surface area contributed by atoms with Gasteiger partial charge in [0.25, 0.3) is 10.1 Å². The minimum atomic E-state index is -4.34. The number of rotatable bonds is 4. The van der Waals surface area contributed by atoms with E-state index in [2.05, 4.69) is 0 Å². The molecule has 6 nitrogen and oxygen atoms in total. The van der Waals surface area contributed by atoms with Gasteiger partial charge in [-0.2, -0.15) is 8.42 Å². The van der Waals surface area contributed by atoms with E-state index in [0.29, 0.717) is 0 Å². The maximum atomic E-state index is 12.8. The summed E-state index contributed by atoms with van der Waals surface area (Å²) >= 11 is 17.3. The van der Waals surface area contributed by atoms with Gasteiger partial charge in [-0.15, -0.1) is 0 Å². The summed E-state index contributed by atoms with van der Waals surface area (Å²) in [5.41, 5.74) is 0. The molecule has 0 aliphatic carbocycles. The Morgan fingerprint density at radius 1 is 1.13 bits per heavy atom. The highest BCUT2D eigenvalue weighted by Crippen LogP contribution is 2.65. The first-order valence-electron chi connectivity index (χ1n) is 6.47. The highest BCUT2D eigenvalue weighted by Gasteiger charge is 2.57. The van der Waals surface area contributed by atoms with Gasteiger partial charge >= 0.3 is 7.60 Å². The van der Waals surface area contributed by atoms with Gasteiger partial charge in [0.05, 0.1) is 17.1 Å². The van der Waals surface area contributed by atoms with Crippen LogP contribution in [0, 0.1) is 0 Å². The van der Waals surface area contributed by atoms with E-state index in [1.54, 1.807) is 19.9 Å². The van der Waals surface area contributed by atoms with Crippen LogP contribution in [0.4, 0.5) is 0 Å². The second-order valence-corrected chi connectivity index (χ2v) is 10.8. The van der Waals surface area contributed by atoms with Crippen LogP contribution in [-0.2, 0) is 27.9 Å². The first kappa shape index (κ1) is 19.5. The molecule has 0 saturated carbocycles. The van der Waals surface area contributed by atoms with Gasteiger partial charge in [0.15, 0.2) is 0 Å². The van der Waals surface area contributed by atoms with Crippen LogP contribution in [-0.4, -0.2) is 30.3 Å². The van der Waals surface area contributed by atoms with Crippen molar-refractivity contribution in [3.8, 4) is 0 Å². The average molecular weight is 424 g/mol. The van der Waals surface area contributed by atoms with Crippen LogP contribution in [0.5, 0.6) is 0 Å². The SMILES string of the molecule is C[C@@H]1OP(=O)([C@@H](OS(=O)(=O)c2ccccc2)C(Cl)(Cl)Cl)O[C@@H]1C. The molecular formula is C12H14Cl3O6PS. The highest BCUT2D eigenvalue weighted by atomic mass is 35.6. The van der Waals surface area contributed by atoms with E-state index >= 15 is 0 Å². The van der Waals surface area contributed by atoms with E-state index in [4.69, 9.17) is 48.0 Å². The maximum Gasteiger partial charge on any atom is 0.365 e. The number of hydrogen-bond donors (Lipinski definition) is 0. The summed E-state index contributed by atoms with van der Waals surface area (Å²) in [4.78, 5) is -0.175. The first-order chi connectivity index (χ1) is 10.5. The molecule has 0 radical (unpaired) electrons. The Kier molecular flexibility index (Phi) is 5.76. The monoisotopic (exact) mass is 422 g/mol. The fraction of sp³-hybridized carbons (Fsp3) is 0.500. The van der Waals surface area contributed by atoms with E-state index in [1.807, 2.05) is 0 Å². The minimum absolute atomic E-state index is 0.175. The van der Waals surface area contributed by atoms with E-state index in [0.717, 1.165) is 0 Å².